The average Bonchev–Trinajstić information content (AvgIpc) is 2.27. The minimum Gasteiger partial charge on any atom is -0.462 e. The molecule has 0 spiro atoms. The quantitative estimate of drug-likeness (QED) is 0.591. The van der Waals surface area contributed by atoms with Crippen LogP contribution < -0.4 is 5.90 Å². The first kappa shape index (κ1) is 11.7. The van der Waals surface area contributed by atoms with Crippen molar-refractivity contribution in [3.63, 3.8) is 0 Å². The van der Waals surface area contributed by atoms with Crippen molar-refractivity contribution in [2.45, 2.75) is 20.0 Å². The summed E-state index contributed by atoms with van der Waals surface area (Å²) in [5, 5.41) is 0. The summed E-state index contributed by atoms with van der Waals surface area (Å²) < 4.78 is 5.00. The Bertz CT molecular complexity index is 325. The molecule has 0 unspecified atom stereocenters. The molecular weight excluding hydrogens is 194 g/mol. The van der Waals surface area contributed by atoms with Crippen LogP contribution in [0.1, 0.15) is 29.3 Å². The minimum absolute atomic E-state index is 0.287. The number of nitrogens with two attached hydrogens (primary N) is 1. The fourth-order valence-electron chi connectivity index (χ4n) is 1.16. The largest absolute Gasteiger partial charge is 0.462 e. The van der Waals surface area contributed by atoms with Crippen molar-refractivity contribution in [1.82, 2.24) is 0 Å². The summed E-state index contributed by atoms with van der Waals surface area (Å²) in [5.41, 5.74) is 1.38. The molecule has 0 bridgehead atoms. The standard InChI is InChI=1S/C11H15NO3/c1-2-6-14-11(13)10-5-3-4-9(7-10)8-15-12/h3-5,7H,2,6,8,12H2,1H3. The summed E-state index contributed by atoms with van der Waals surface area (Å²) in [6, 6.07) is 7.03. The van der Waals surface area contributed by atoms with Crippen molar-refractivity contribution in [2.75, 3.05) is 6.61 Å². The van der Waals surface area contributed by atoms with Gasteiger partial charge in [-0.05, 0) is 24.1 Å². The first-order valence-corrected chi connectivity index (χ1v) is 4.85. The molecular formula is C11H15NO3. The molecule has 0 heterocycles. The van der Waals surface area contributed by atoms with E-state index in [2.05, 4.69) is 4.84 Å². The number of ether oxygens (including phenoxy) is 1. The van der Waals surface area contributed by atoms with Crippen LogP contribution in [0.3, 0.4) is 0 Å². The molecule has 0 fully saturated rings. The zero-order valence-electron chi connectivity index (χ0n) is 8.73. The summed E-state index contributed by atoms with van der Waals surface area (Å²) in [6.45, 7) is 2.68. The van der Waals surface area contributed by atoms with E-state index in [1.165, 1.54) is 0 Å². The van der Waals surface area contributed by atoms with Crippen LogP contribution >= 0.6 is 0 Å². The van der Waals surface area contributed by atoms with E-state index < -0.39 is 0 Å². The van der Waals surface area contributed by atoms with Crippen molar-refractivity contribution in [3.8, 4) is 0 Å². The Balaban J connectivity index is 2.67. The highest BCUT2D eigenvalue weighted by Gasteiger charge is 2.06. The lowest BCUT2D eigenvalue weighted by Crippen LogP contribution is -2.07. The van der Waals surface area contributed by atoms with Gasteiger partial charge in [-0.2, -0.15) is 0 Å². The topological polar surface area (TPSA) is 61.5 Å². The molecule has 0 saturated carbocycles. The fraction of sp³-hybridized carbons (Fsp3) is 0.364. The number of rotatable bonds is 5. The van der Waals surface area contributed by atoms with Gasteiger partial charge in [0, 0.05) is 0 Å². The monoisotopic (exact) mass is 209 g/mol. The molecule has 1 rings (SSSR count). The first-order chi connectivity index (χ1) is 7.27. The van der Waals surface area contributed by atoms with Gasteiger partial charge in [0.25, 0.3) is 0 Å². The number of hydrogen-bond donors (Lipinski definition) is 1. The molecule has 0 radical (unpaired) electrons. The van der Waals surface area contributed by atoms with Gasteiger partial charge in [0.2, 0.25) is 0 Å². The van der Waals surface area contributed by atoms with Crippen molar-refractivity contribution in [2.24, 2.45) is 5.90 Å². The molecule has 1 aromatic carbocycles. The van der Waals surface area contributed by atoms with Crippen LogP contribution in [0.5, 0.6) is 0 Å². The lowest BCUT2D eigenvalue weighted by molar-refractivity contribution is 0.0504. The first-order valence-electron chi connectivity index (χ1n) is 4.85. The van der Waals surface area contributed by atoms with Crippen molar-refractivity contribution >= 4 is 5.97 Å². The predicted molar refractivity (Wildman–Crippen MR) is 56.0 cm³/mol. The van der Waals surface area contributed by atoms with E-state index in [4.69, 9.17) is 10.6 Å². The van der Waals surface area contributed by atoms with Gasteiger partial charge in [-0.15, -0.1) is 0 Å². The van der Waals surface area contributed by atoms with E-state index in [1.54, 1.807) is 18.2 Å². The van der Waals surface area contributed by atoms with Crippen LogP contribution in [0.25, 0.3) is 0 Å². The van der Waals surface area contributed by atoms with E-state index in [0.29, 0.717) is 12.2 Å². The van der Waals surface area contributed by atoms with Crippen LogP contribution in [0.2, 0.25) is 0 Å². The van der Waals surface area contributed by atoms with Crippen molar-refractivity contribution in [1.29, 1.82) is 0 Å². The second kappa shape index (κ2) is 6.16. The van der Waals surface area contributed by atoms with Gasteiger partial charge in [0.05, 0.1) is 18.8 Å². The Morgan fingerprint density at radius 2 is 2.27 bits per heavy atom. The number of hydrogen-bond acceptors (Lipinski definition) is 4. The fourth-order valence-corrected chi connectivity index (χ4v) is 1.16. The zero-order chi connectivity index (χ0) is 11.1. The number of esters is 1. The van der Waals surface area contributed by atoms with Crippen molar-refractivity contribution in [3.05, 3.63) is 35.4 Å². The summed E-state index contributed by atoms with van der Waals surface area (Å²) >= 11 is 0. The molecule has 0 aliphatic heterocycles. The summed E-state index contributed by atoms with van der Waals surface area (Å²) in [6.07, 6.45) is 0.817. The molecule has 15 heavy (non-hydrogen) atoms. The Labute approximate surface area is 88.9 Å². The molecule has 4 heteroatoms. The van der Waals surface area contributed by atoms with Gasteiger partial charge in [-0.1, -0.05) is 19.1 Å². The van der Waals surface area contributed by atoms with Crippen LogP contribution in [0.15, 0.2) is 24.3 Å². The Hall–Kier alpha value is -1.39. The number of benzene rings is 1. The maximum atomic E-state index is 11.5. The van der Waals surface area contributed by atoms with Gasteiger partial charge in [-0.3, -0.25) is 4.84 Å². The van der Waals surface area contributed by atoms with E-state index in [1.807, 2.05) is 13.0 Å². The van der Waals surface area contributed by atoms with E-state index in [-0.39, 0.29) is 12.6 Å². The third-order valence-corrected chi connectivity index (χ3v) is 1.85. The zero-order valence-corrected chi connectivity index (χ0v) is 8.73. The van der Waals surface area contributed by atoms with E-state index in [9.17, 15) is 4.79 Å². The smallest absolute Gasteiger partial charge is 0.338 e. The molecule has 0 atom stereocenters. The van der Waals surface area contributed by atoms with Gasteiger partial charge in [0.15, 0.2) is 0 Å². The molecule has 0 aliphatic carbocycles. The number of carbonyl (C=O) groups is 1. The van der Waals surface area contributed by atoms with E-state index >= 15 is 0 Å². The van der Waals surface area contributed by atoms with Crippen molar-refractivity contribution < 1.29 is 14.4 Å². The molecule has 0 amide bonds. The Kier molecular flexibility index (Phi) is 4.80. The van der Waals surface area contributed by atoms with Gasteiger partial charge in [0.1, 0.15) is 0 Å². The van der Waals surface area contributed by atoms with Gasteiger partial charge in [-0.25, -0.2) is 10.7 Å². The highest BCUT2D eigenvalue weighted by molar-refractivity contribution is 5.89. The maximum absolute atomic E-state index is 11.5. The highest BCUT2D eigenvalue weighted by Crippen LogP contribution is 2.07. The lowest BCUT2D eigenvalue weighted by atomic mass is 10.1. The molecule has 2 N–H and O–H groups in total. The molecule has 4 nitrogen and oxygen atoms in total. The normalized spacial score (nSPS) is 10.0. The van der Waals surface area contributed by atoms with Crippen LogP contribution in [0.4, 0.5) is 0 Å². The second-order valence-electron chi connectivity index (χ2n) is 3.15. The number of carbonyl (C=O) groups excluding carboxylic acids is 1. The maximum Gasteiger partial charge on any atom is 0.338 e. The molecule has 1 aromatic rings. The summed E-state index contributed by atoms with van der Waals surface area (Å²) in [5.74, 6) is 4.64. The van der Waals surface area contributed by atoms with Crippen LogP contribution in [-0.4, -0.2) is 12.6 Å². The molecule has 0 aromatic heterocycles. The van der Waals surface area contributed by atoms with Gasteiger partial charge >= 0.3 is 5.97 Å². The lowest BCUT2D eigenvalue weighted by Gasteiger charge is -2.04. The van der Waals surface area contributed by atoms with E-state index in [0.717, 1.165) is 12.0 Å². The summed E-state index contributed by atoms with van der Waals surface area (Å²) in [4.78, 5) is 16.0. The third kappa shape index (κ3) is 3.69. The predicted octanol–water partition coefficient (Wildman–Crippen LogP) is 1.64. The van der Waals surface area contributed by atoms with Crippen LogP contribution in [-0.2, 0) is 16.2 Å². The molecule has 0 saturated heterocycles. The average molecular weight is 209 g/mol. The van der Waals surface area contributed by atoms with Gasteiger partial charge < -0.3 is 4.74 Å². The SMILES string of the molecule is CCCOC(=O)c1cccc(CON)c1. The third-order valence-electron chi connectivity index (χ3n) is 1.85. The second-order valence-corrected chi connectivity index (χ2v) is 3.15. The summed E-state index contributed by atoms with van der Waals surface area (Å²) in [7, 11) is 0. The van der Waals surface area contributed by atoms with Crippen LogP contribution in [0, 0.1) is 0 Å². The highest BCUT2D eigenvalue weighted by atomic mass is 16.6. The molecule has 82 valence electrons. The Morgan fingerprint density at radius 1 is 1.47 bits per heavy atom. The minimum atomic E-state index is -0.310. The Morgan fingerprint density at radius 3 is 2.93 bits per heavy atom. The molecule has 0 aliphatic rings.